The Hall–Kier alpha value is -2.45. The van der Waals surface area contributed by atoms with Crippen LogP contribution >= 0.6 is 0 Å². The van der Waals surface area contributed by atoms with Gasteiger partial charge in [0.25, 0.3) is 10.1 Å². The van der Waals surface area contributed by atoms with Gasteiger partial charge in [-0.05, 0) is 12.1 Å². The van der Waals surface area contributed by atoms with Crippen molar-refractivity contribution in [1.82, 2.24) is 9.97 Å². The van der Waals surface area contributed by atoms with Crippen LogP contribution in [0.1, 0.15) is 0 Å². The van der Waals surface area contributed by atoms with E-state index in [4.69, 9.17) is 5.73 Å². The second-order valence-electron chi connectivity index (χ2n) is 4.19. The van der Waals surface area contributed by atoms with Gasteiger partial charge in [0.1, 0.15) is 16.2 Å². The molecule has 2 aromatic carbocycles. The van der Waals surface area contributed by atoms with Crippen molar-refractivity contribution in [2.45, 2.75) is 4.90 Å². The summed E-state index contributed by atoms with van der Waals surface area (Å²) in [6.07, 6.45) is 0. The molecule has 20 heavy (non-hydrogen) atoms. The van der Waals surface area contributed by atoms with Crippen LogP contribution in [0, 0.1) is 0 Å². The van der Waals surface area contributed by atoms with Crippen molar-refractivity contribution in [2.75, 3.05) is 5.73 Å². The zero-order valence-corrected chi connectivity index (χ0v) is 10.8. The fraction of sp³-hybridized carbons (Fsp3) is 0. The first-order valence-corrected chi connectivity index (χ1v) is 6.97. The van der Waals surface area contributed by atoms with Crippen LogP contribution in [0.5, 0.6) is 5.75 Å². The van der Waals surface area contributed by atoms with Crippen LogP contribution in [0.3, 0.4) is 0 Å². The van der Waals surface area contributed by atoms with Crippen molar-refractivity contribution in [3.63, 3.8) is 0 Å². The van der Waals surface area contributed by atoms with Crippen LogP contribution in [-0.2, 0) is 10.1 Å². The lowest BCUT2D eigenvalue weighted by molar-refractivity contribution is 0.470. The van der Waals surface area contributed by atoms with Gasteiger partial charge in [-0.1, -0.05) is 12.1 Å². The average Bonchev–Trinajstić information content (AvgIpc) is 2.36. The maximum atomic E-state index is 11.5. The molecule has 0 fully saturated rings. The first kappa shape index (κ1) is 12.6. The van der Waals surface area contributed by atoms with Crippen LogP contribution < -0.4 is 5.73 Å². The molecule has 0 atom stereocenters. The van der Waals surface area contributed by atoms with E-state index in [-0.39, 0.29) is 11.0 Å². The summed E-state index contributed by atoms with van der Waals surface area (Å²) in [6, 6.07) is 8.03. The van der Waals surface area contributed by atoms with E-state index in [1.165, 1.54) is 6.07 Å². The number of fused-ring (bicyclic) bond motifs is 2. The van der Waals surface area contributed by atoms with Crippen molar-refractivity contribution >= 4 is 37.9 Å². The minimum Gasteiger partial charge on any atom is -0.506 e. The van der Waals surface area contributed by atoms with E-state index in [2.05, 4.69) is 9.97 Å². The number of anilines is 1. The molecule has 0 aliphatic rings. The summed E-state index contributed by atoms with van der Waals surface area (Å²) in [5.74, 6) is -0.477. The Labute approximate surface area is 113 Å². The van der Waals surface area contributed by atoms with Crippen molar-refractivity contribution in [3.8, 4) is 5.75 Å². The quantitative estimate of drug-likeness (QED) is 0.267. The highest BCUT2D eigenvalue weighted by atomic mass is 32.2. The molecular weight excluding hydrogens is 282 g/mol. The summed E-state index contributed by atoms with van der Waals surface area (Å²) in [5, 5.41) is 9.67. The Morgan fingerprint density at radius 2 is 1.65 bits per heavy atom. The monoisotopic (exact) mass is 291 g/mol. The number of aromatic nitrogens is 2. The molecule has 1 heterocycles. The first-order chi connectivity index (χ1) is 9.38. The van der Waals surface area contributed by atoms with Gasteiger partial charge in [-0.15, -0.1) is 0 Å². The number of nitrogen functional groups attached to an aromatic ring is 1. The molecule has 0 aliphatic carbocycles. The minimum atomic E-state index is -4.64. The fourth-order valence-electron chi connectivity index (χ4n) is 1.99. The number of benzene rings is 2. The lowest BCUT2D eigenvalue weighted by Crippen LogP contribution is -2.06. The molecule has 0 saturated carbocycles. The van der Waals surface area contributed by atoms with Crippen LogP contribution in [-0.4, -0.2) is 28.0 Å². The molecule has 0 unspecified atom stereocenters. The summed E-state index contributed by atoms with van der Waals surface area (Å²) >= 11 is 0. The normalized spacial score (nSPS) is 12.1. The highest BCUT2D eigenvalue weighted by Crippen LogP contribution is 2.34. The highest BCUT2D eigenvalue weighted by Gasteiger charge is 2.23. The number of nitrogens with two attached hydrogens (primary N) is 1. The zero-order valence-electron chi connectivity index (χ0n) is 9.98. The highest BCUT2D eigenvalue weighted by molar-refractivity contribution is 7.86. The molecule has 8 heteroatoms. The molecule has 0 amide bonds. The van der Waals surface area contributed by atoms with Crippen LogP contribution in [0.25, 0.3) is 22.1 Å². The van der Waals surface area contributed by atoms with Gasteiger partial charge >= 0.3 is 0 Å². The van der Waals surface area contributed by atoms with Gasteiger partial charge in [-0.3, -0.25) is 4.55 Å². The maximum absolute atomic E-state index is 11.5. The number of hydrogen-bond donors (Lipinski definition) is 3. The Bertz CT molecular complexity index is 954. The van der Waals surface area contributed by atoms with Gasteiger partial charge in [-0.2, -0.15) is 8.42 Å². The standard InChI is InChI=1S/C12H9N3O4S/c13-10-9(16)5-8-11(12(10)20(17,18)19)15-7-4-2-1-3-6(7)14-8/h1-5,16H,13H2,(H,17,18,19). The molecule has 3 rings (SSSR count). The number of rotatable bonds is 1. The van der Waals surface area contributed by atoms with E-state index in [1.54, 1.807) is 24.3 Å². The predicted molar refractivity (Wildman–Crippen MR) is 72.9 cm³/mol. The van der Waals surface area contributed by atoms with Gasteiger partial charge < -0.3 is 10.8 Å². The minimum absolute atomic E-state index is 0.0819. The van der Waals surface area contributed by atoms with Crippen molar-refractivity contribution in [2.24, 2.45) is 0 Å². The van der Waals surface area contributed by atoms with E-state index < -0.39 is 26.5 Å². The summed E-state index contributed by atoms with van der Waals surface area (Å²) in [6.45, 7) is 0. The van der Waals surface area contributed by atoms with Crippen LogP contribution in [0.2, 0.25) is 0 Å². The molecular formula is C12H9N3O4S. The molecule has 1 aromatic heterocycles. The van der Waals surface area contributed by atoms with Gasteiger partial charge in [-0.25, -0.2) is 9.97 Å². The number of phenolic OH excluding ortho intramolecular Hbond substituents is 1. The number of nitrogens with zero attached hydrogens (tertiary/aromatic N) is 2. The molecule has 102 valence electrons. The second kappa shape index (κ2) is 4.02. The molecule has 0 aliphatic heterocycles. The number of hydrogen-bond acceptors (Lipinski definition) is 6. The largest absolute Gasteiger partial charge is 0.506 e. The molecule has 3 aromatic rings. The van der Waals surface area contributed by atoms with Crippen molar-refractivity contribution in [1.29, 1.82) is 0 Å². The summed E-state index contributed by atoms with van der Waals surface area (Å²) in [5.41, 5.74) is 6.10. The molecule has 7 nitrogen and oxygen atoms in total. The third kappa shape index (κ3) is 1.82. The zero-order chi connectivity index (χ0) is 14.5. The van der Waals surface area contributed by atoms with Crippen LogP contribution in [0.15, 0.2) is 35.2 Å². The predicted octanol–water partition coefficient (Wildman–Crippen LogP) is 1.32. The topological polar surface area (TPSA) is 126 Å². The van der Waals surface area contributed by atoms with E-state index in [0.717, 1.165) is 0 Å². The smallest absolute Gasteiger partial charge is 0.298 e. The Kier molecular flexibility index (Phi) is 2.53. The molecule has 4 N–H and O–H groups in total. The number of para-hydroxylation sites is 2. The van der Waals surface area contributed by atoms with E-state index in [1.807, 2.05) is 0 Å². The Balaban J connectivity index is 2.59. The van der Waals surface area contributed by atoms with Crippen LogP contribution in [0.4, 0.5) is 5.69 Å². The third-order valence-corrected chi connectivity index (χ3v) is 3.79. The van der Waals surface area contributed by atoms with Gasteiger partial charge in [0.05, 0.1) is 22.2 Å². The lowest BCUT2D eigenvalue weighted by atomic mass is 10.2. The Morgan fingerprint density at radius 3 is 2.25 bits per heavy atom. The molecule has 0 radical (unpaired) electrons. The summed E-state index contributed by atoms with van der Waals surface area (Å²) in [4.78, 5) is 7.72. The molecule has 0 saturated heterocycles. The van der Waals surface area contributed by atoms with Gasteiger partial charge in [0.2, 0.25) is 0 Å². The van der Waals surface area contributed by atoms with E-state index in [0.29, 0.717) is 11.0 Å². The van der Waals surface area contributed by atoms with Crippen molar-refractivity contribution < 1.29 is 18.1 Å². The van der Waals surface area contributed by atoms with E-state index >= 15 is 0 Å². The molecule has 0 bridgehead atoms. The maximum Gasteiger partial charge on any atom is 0.298 e. The average molecular weight is 291 g/mol. The van der Waals surface area contributed by atoms with Gasteiger partial charge in [0.15, 0.2) is 0 Å². The third-order valence-electron chi connectivity index (χ3n) is 2.86. The summed E-state index contributed by atoms with van der Waals surface area (Å²) < 4.78 is 32.2. The number of phenols is 1. The molecule has 0 spiro atoms. The fourth-order valence-corrected chi connectivity index (χ4v) is 2.77. The second-order valence-corrected chi connectivity index (χ2v) is 5.55. The van der Waals surface area contributed by atoms with E-state index in [9.17, 15) is 18.1 Å². The number of aromatic hydroxyl groups is 1. The first-order valence-electron chi connectivity index (χ1n) is 5.53. The SMILES string of the molecule is Nc1c(O)cc2nc3ccccc3nc2c1S(=O)(=O)O. The Morgan fingerprint density at radius 1 is 1.05 bits per heavy atom. The van der Waals surface area contributed by atoms with Crippen molar-refractivity contribution in [3.05, 3.63) is 30.3 Å². The van der Waals surface area contributed by atoms with Gasteiger partial charge in [0, 0.05) is 6.07 Å². The summed E-state index contributed by atoms with van der Waals surface area (Å²) in [7, 11) is -4.64. The lowest BCUT2D eigenvalue weighted by Gasteiger charge is -2.09.